The number of nitrogens with one attached hydrogen (secondary N) is 1. The quantitative estimate of drug-likeness (QED) is 0.727. The molecule has 1 aromatic rings. The summed E-state index contributed by atoms with van der Waals surface area (Å²) in [6, 6.07) is 11.0. The molecule has 0 aliphatic carbocycles. The zero-order valence-electron chi connectivity index (χ0n) is 11.2. The van der Waals surface area contributed by atoms with Gasteiger partial charge in [0.2, 0.25) is 0 Å². The molecule has 1 rings (SSSR count). The van der Waals surface area contributed by atoms with Crippen LogP contribution >= 0.6 is 0 Å². The van der Waals surface area contributed by atoms with Crippen molar-refractivity contribution in [3.63, 3.8) is 0 Å². The van der Waals surface area contributed by atoms with Crippen LogP contribution in [-0.2, 0) is 0 Å². The molecule has 0 unspecified atom stereocenters. The van der Waals surface area contributed by atoms with Gasteiger partial charge < -0.3 is 10.2 Å². The SMILES string of the molecule is CC(C)N(C)CCNC/C=C/c1ccccc1. The molecule has 0 aliphatic heterocycles. The number of likely N-dealkylation sites (N-methyl/N-ethyl adjacent to an activating group) is 1. The fourth-order valence-corrected chi connectivity index (χ4v) is 1.46. The van der Waals surface area contributed by atoms with E-state index in [0.717, 1.165) is 19.6 Å². The number of nitrogens with zero attached hydrogens (tertiary/aromatic N) is 1. The highest BCUT2D eigenvalue weighted by molar-refractivity contribution is 5.48. The third kappa shape index (κ3) is 6.25. The van der Waals surface area contributed by atoms with Crippen molar-refractivity contribution in [2.24, 2.45) is 0 Å². The summed E-state index contributed by atoms with van der Waals surface area (Å²) < 4.78 is 0. The smallest absolute Gasteiger partial charge is 0.0138 e. The van der Waals surface area contributed by atoms with E-state index >= 15 is 0 Å². The second kappa shape index (κ2) is 8.04. The van der Waals surface area contributed by atoms with Gasteiger partial charge in [-0.05, 0) is 26.5 Å². The third-order valence-electron chi connectivity index (χ3n) is 2.89. The Bertz CT molecular complexity index is 317. The van der Waals surface area contributed by atoms with Crippen molar-refractivity contribution < 1.29 is 0 Å². The van der Waals surface area contributed by atoms with E-state index in [1.807, 2.05) is 6.07 Å². The van der Waals surface area contributed by atoms with Crippen LogP contribution in [0.2, 0.25) is 0 Å². The summed E-state index contributed by atoms with van der Waals surface area (Å²) in [5.74, 6) is 0. The molecule has 2 nitrogen and oxygen atoms in total. The third-order valence-corrected chi connectivity index (χ3v) is 2.89. The van der Waals surface area contributed by atoms with E-state index < -0.39 is 0 Å². The van der Waals surface area contributed by atoms with E-state index in [9.17, 15) is 0 Å². The molecular formula is C15H24N2. The molecule has 0 heterocycles. The van der Waals surface area contributed by atoms with Gasteiger partial charge in [0.25, 0.3) is 0 Å². The topological polar surface area (TPSA) is 15.3 Å². The Morgan fingerprint density at radius 3 is 2.59 bits per heavy atom. The number of hydrogen-bond donors (Lipinski definition) is 1. The highest BCUT2D eigenvalue weighted by atomic mass is 15.1. The van der Waals surface area contributed by atoms with Gasteiger partial charge >= 0.3 is 0 Å². The molecule has 0 bridgehead atoms. The Kier molecular flexibility index (Phi) is 6.60. The average molecular weight is 232 g/mol. The first-order valence-electron chi connectivity index (χ1n) is 6.32. The normalized spacial score (nSPS) is 11.8. The van der Waals surface area contributed by atoms with E-state index in [2.05, 4.69) is 67.5 Å². The Labute approximate surface area is 105 Å². The lowest BCUT2D eigenvalue weighted by atomic mass is 10.2. The first-order chi connectivity index (χ1) is 8.20. The van der Waals surface area contributed by atoms with Crippen LogP contribution in [0.1, 0.15) is 19.4 Å². The van der Waals surface area contributed by atoms with Crippen LogP contribution in [-0.4, -0.2) is 37.6 Å². The van der Waals surface area contributed by atoms with Crippen molar-refractivity contribution in [2.75, 3.05) is 26.7 Å². The van der Waals surface area contributed by atoms with Crippen molar-refractivity contribution >= 4 is 6.08 Å². The lowest BCUT2D eigenvalue weighted by molar-refractivity contribution is 0.275. The fraction of sp³-hybridized carbons (Fsp3) is 0.467. The highest BCUT2D eigenvalue weighted by Gasteiger charge is 2.00. The zero-order chi connectivity index (χ0) is 12.5. The maximum absolute atomic E-state index is 3.41. The molecule has 1 aromatic carbocycles. The molecular weight excluding hydrogens is 208 g/mol. The molecule has 0 amide bonds. The fourth-order valence-electron chi connectivity index (χ4n) is 1.46. The lowest BCUT2D eigenvalue weighted by Crippen LogP contribution is -2.33. The van der Waals surface area contributed by atoms with Gasteiger partial charge in [0.1, 0.15) is 0 Å². The molecule has 0 spiro atoms. The summed E-state index contributed by atoms with van der Waals surface area (Å²) in [5, 5.41) is 3.41. The molecule has 0 fully saturated rings. The van der Waals surface area contributed by atoms with Gasteiger partial charge in [-0.15, -0.1) is 0 Å². The maximum Gasteiger partial charge on any atom is 0.0138 e. The van der Waals surface area contributed by atoms with Gasteiger partial charge in [0, 0.05) is 25.7 Å². The molecule has 17 heavy (non-hydrogen) atoms. The molecule has 0 atom stereocenters. The van der Waals surface area contributed by atoms with Crippen molar-refractivity contribution in [3.05, 3.63) is 42.0 Å². The van der Waals surface area contributed by atoms with Gasteiger partial charge in [-0.1, -0.05) is 42.5 Å². The van der Waals surface area contributed by atoms with Crippen LogP contribution in [0.15, 0.2) is 36.4 Å². The van der Waals surface area contributed by atoms with Crippen LogP contribution in [0.25, 0.3) is 6.08 Å². The molecule has 94 valence electrons. The van der Waals surface area contributed by atoms with E-state index in [1.165, 1.54) is 5.56 Å². The van der Waals surface area contributed by atoms with E-state index in [1.54, 1.807) is 0 Å². The Morgan fingerprint density at radius 2 is 1.94 bits per heavy atom. The second-order valence-corrected chi connectivity index (χ2v) is 4.59. The van der Waals surface area contributed by atoms with Crippen molar-refractivity contribution in [1.82, 2.24) is 10.2 Å². The Balaban J connectivity index is 2.10. The van der Waals surface area contributed by atoms with Crippen LogP contribution in [0.4, 0.5) is 0 Å². The molecule has 1 N–H and O–H groups in total. The Hall–Kier alpha value is -1.12. The standard InChI is InChI=1S/C15H24N2/c1-14(2)17(3)13-12-16-11-7-10-15-8-5-4-6-9-15/h4-10,14,16H,11-13H2,1-3H3/b10-7+. The van der Waals surface area contributed by atoms with Crippen molar-refractivity contribution in [3.8, 4) is 0 Å². The van der Waals surface area contributed by atoms with E-state index in [4.69, 9.17) is 0 Å². The average Bonchev–Trinajstić information content (AvgIpc) is 2.34. The predicted octanol–water partition coefficient (Wildman–Crippen LogP) is 2.63. The first-order valence-corrected chi connectivity index (χ1v) is 6.32. The highest BCUT2D eigenvalue weighted by Crippen LogP contribution is 1.99. The van der Waals surface area contributed by atoms with Crippen LogP contribution in [0.3, 0.4) is 0 Å². The van der Waals surface area contributed by atoms with Gasteiger partial charge in [-0.3, -0.25) is 0 Å². The molecule has 0 saturated heterocycles. The summed E-state index contributed by atoms with van der Waals surface area (Å²) >= 11 is 0. The summed E-state index contributed by atoms with van der Waals surface area (Å²) in [7, 11) is 2.16. The first kappa shape index (κ1) is 13.9. The predicted molar refractivity (Wildman–Crippen MR) is 76.1 cm³/mol. The lowest BCUT2D eigenvalue weighted by Gasteiger charge is -2.20. The maximum atomic E-state index is 3.41. The molecule has 0 aromatic heterocycles. The van der Waals surface area contributed by atoms with E-state index in [0.29, 0.717) is 6.04 Å². The zero-order valence-corrected chi connectivity index (χ0v) is 11.2. The van der Waals surface area contributed by atoms with Crippen molar-refractivity contribution in [1.29, 1.82) is 0 Å². The monoisotopic (exact) mass is 232 g/mol. The van der Waals surface area contributed by atoms with Crippen LogP contribution in [0.5, 0.6) is 0 Å². The molecule has 0 saturated carbocycles. The largest absolute Gasteiger partial charge is 0.312 e. The summed E-state index contributed by atoms with van der Waals surface area (Å²) in [4.78, 5) is 2.34. The second-order valence-electron chi connectivity index (χ2n) is 4.59. The number of hydrogen-bond acceptors (Lipinski definition) is 2. The van der Waals surface area contributed by atoms with Gasteiger partial charge in [-0.2, -0.15) is 0 Å². The summed E-state index contributed by atoms with van der Waals surface area (Å²) in [6.45, 7) is 7.50. The van der Waals surface area contributed by atoms with Crippen molar-refractivity contribution in [2.45, 2.75) is 19.9 Å². The minimum absolute atomic E-state index is 0.622. The minimum atomic E-state index is 0.622. The number of benzene rings is 1. The summed E-state index contributed by atoms with van der Waals surface area (Å²) in [5.41, 5.74) is 1.26. The van der Waals surface area contributed by atoms with Gasteiger partial charge in [-0.25, -0.2) is 0 Å². The van der Waals surface area contributed by atoms with Crippen LogP contribution < -0.4 is 5.32 Å². The minimum Gasteiger partial charge on any atom is -0.312 e. The molecule has 2 heteroatoms. The number of rotatable bonds is 7. The van der Waals surface area contributed by atoms with E-state index in [-0.39, 0.29) is 0 Å². The Morgan fingerprint density at radius 1 is 1.24 bits per heavy atom. The molecule has 0 radical (unpaired) electrons. The summed E-state index contributed by atoms with van der Waals surface area (Å²) in [6.07, 6.45) is 4.32. The van der Waals surface area contributed by atoms with Crippen LogP contribution in [0, 0.1) is 0 Å². The molecule has 0 aliphatic rings. The van der Waals surface area contributed by atoms with Gasteiger partial charge in [0.15, 0.2) is 0 Å². The van der Waals surface area contributed by atoms with Gasteiger partial charge in [0.05, 0.1) is 0 Å².